The number of rotatable bonds is 8. The lowest BCUT2D eigenvalue weighted by atomic mass is 10.0. The second-order valence-corrected chi connectivity index (χ2v) is 6.01. The van der Waals surface area contributed by atoms with Crippen LogP contribution < -0.4 is 5.32 Å². The molecule has 1 aromatic carbocycles. The fourth-order valence-electron chi connectivity index (χ4n) is 2.93. The van der Waals surface area contributed by atoms with Crippen molar-refractivity contribution >= 4 is 0 Å². The van der Waals surface area contributed by atoms with Gasteiger partial charge in [0.1, 0.15) is 0 Å². The summed E-state index contributed by atoms with van der Waals surface area (Å²) in [5, 5.41) is 7.52. The summed E-state index contributed by atoms with van der Waals surface area (Å²) in [6.45, 7) is 7.10. The Morgan fingerprint density at radius 3 is 2.28 bits per heavy atom. The minimum Gasteiger partial charge on any atom is -0.311 e. The Morgan fingerprint density at radius 1 is 1.16 bits per heavy atom. The standard InChI is InChI=1S/C18H25F3N4/c1-4-25(5-2)17(12-22-10-14-11-23-24(3)13-14)15-6-8-16(9-7-15)18(19,20)21/h6-9,11,13,17,22H,4-5,10,12H2,1-3H3. The summed E-state index contributed by atoms with van der Waals surface area (Å²) >= 11 is 0. The van der Waals surface area contributed by atoms with E-state index < -0.39 is 11.7 Å². The Balaban J connectivity index is 2.09. The molecule has 7 heteroatoms. The highest BCUT2D eigenvalue weighted by Gasteiger charge is 2.30. The number of nitrogens with one attached hydrogen (secondary N) is 1. The van der Waals surface area contributed by atoms with Crippen LogP contribution in [0, 0.1) is 0 Å². The summed E-state index contributed by atoms with van der Waals surface area (Å²) in [6.07, 6.45) is -0.559. The molecule has 0 fully saturated rings. The van der Waals surface area contributed by atoms with Gasteiger partial charge < -0.3 is 5.32 Å². The Labute approximate surface area is 146 Å². The number of likely N-dealkylation sites (N-methyl/N-ethyl adjacent to an activating group) is 1. The summed E-state index contributed by atoms with van der Waals surface area (Å²) < 4.78 is 40.1. The number of aryl methyl sites for hydroxylation is 1. The third kappa shape index (κ3) is 5.31. The molecule has 1 N–H and O–H groups in total. The lowest BCUT2D eigenvalue weighted by Crippen LogP contribution is -2.35. The summed E-state index contributed by atoms with van der Waals surface area (Å²) in [4.78, 5) is 2.23. The zero-order valence-corrected chi connectivity index (χ0v) is 14.8. The molecule has 0 amide bonds. The molecule has 25 heavy (non-hydrogen) atoms. The molecule has 2 rings (SSSR count). The van der Waals surface area contributed by atoms with Crippen molar-refractivity contribution in [3.8, 4) is 0 Å². The minimum absolute atomic E-state index is 0.0222. The van der Waals surface area contributed by atoms with E-state index in [1.54, 1.807) is 23.0 Å². The van der Waals surface area contributed by atoms with Crippen LogP contribution in [0.1, 0.15) is 36.6 Å². The van der Waals surface area contributed by atoms with E-state index in [9.17, 15) is 13.2 Å². The van der Waals surface area contributed by atoms with Crippen LogP contribution in [0.5, 0.6) is 0 Å². The maximum absolute atomic E-state index is 12.8. The van der Waals surface area contributed by atoms with Gasteiger partial charge in [-0.1, -0.05) is 26.0 Å². The van der Waals surface area contributed by atoms with Crippen LogP contribution >= 0.6 is 0 Å². The SMILES string of the molecule is CCN(CC)C(CNCc1cnn(C)c1)c1ccc(C(F)(F)F)cc1. The zero-order chi connectivity index (χ0) is 18.4. The van der Waals surface area contributed by atoms with Gasteiger partial charge in [0.25, 0.3) is 0 Å². The number of hydrogen-bond acceptors (Lipinski definition) is 3. The van der Waals surface area contributed by atoms with Gasteiger partial charge in [-0.3, -0.25) is 9.58 Å². The van der Waals surface area contributed by atoms with E-state index in [1.165, 1.54) is 0 Å². The normalized spacial score (nSPS) is 13.4. The van der Waals surface area contributed by atoms with Crippen LogP contribution in [0.2, 0.25) is 0 Å². The largest absolute Gasteiger partial charge is 0.416 e. The molecular weight excluding hydrogens is 329 g/mol. The number of halogens is 3. The van der Waals surface area contributed by atoms with Crippen molar-refractivity contribution in [1.29, 1.82) is 0 Å². The van der Waals surface area contributed by atoms with Crippen LogP contribution in [-0.2, 0) is 19.8 Å². The summed E-state index contributed by atoms with van der Waals surface area (Å²) in [7, 11) is 1.87. The van der Waals surface area contributed by atoms with Gasteiger partial charge in [-0.05, 0) is 30.8 Å². The molecule has 0 aliphatic rings. The molecule has 0 saturated heterocycles. The predicted octanol–water partition coefficient (Wildman–Crippen LogP) is 3.61. The fourth-order valence-corrected chi connectivity index (χ4v) is 2.93. The topological polar surface area (TPSA) is 33.1 Å². The highest BCUT2D eigenvalue weighted by molar-refractivity contribution is 5.27. The van der Waals surface area contributed by atoms with E-state index in [4.69, 9.17) is 0 Å². The van der Waals surface area contributed by atoms with Crippen LogP contribution in [0.15, 0.2) is 36.7 Å². The van der Waals surface area contributed by atoms with Crippen LogP contribution in [0.4, 0.5) is 13.2 Å². The summed E-state index contributed by atoms with van der Waals surface area (Å²) in [5.74, 6) is 0. The zero-order valence-electron chi connectivity index (χ0n) is 14.8. The smallest absolute Gasteiger partial charge is 0.311 e. The minimum atomic E-state index is -4.30. The first-order valence-corrected chi connectivity index (χ1v) is 8.44. The predicted molar refractivity (Wildman–Crippen MR) is 92.0 cm³/mol. The molecule has 1 heterocycles. The fraction of sp³-hybridized carbons (Fsp3) is 0.500. The molecule has 1 atom stereocenters. The molecule has 4 nitrogen and oxygen atoms in total. The van der Waals surface area contributed by atoms with Gasteiger partial charge in [0.2, 0.25) is 0 Å². The van der Waals surface area contributed by atoms with Crippen molar-refractivity contribution in [2.24, 2.45) is 7.05 Å². The summed E-state index contributed by atoms with van der Waals surface area (Å²) in [6, 6.07) is 5.50. The Kier molecular flexibility index (Phi) is 6.61. The van der Waals surface area contributed by atoms with E-state index in [-0.39, 0.29) is 6.04 Å². The van der Waals surface area contributed by atoms with E-state index in [0.717, 1.165) is 36.3 Å². The Hall–Kier alpha value is -1.86. The van der Waals surface area contributed by atoms with Crippen LogP contribution in [0.25, 0.3) is 0 Å². The van der Waals surface area contributed by atoms with Crippen LogP contribution in [-0.4, -0.2) is 34.3 Å². The van der Waals surface area contributed by atoms with Crippen molar-refractivity contribution in [2.45, 2.75) is 32.6 Å². The second-order valence-electron chi connectivity index (χ2n) is 6.01. The quantitative estimate of drug-likeness (QED) is 0.786. The first-order valence-electron chi connectivity index (χ1n) is 8.44. The molecule has 2 aromatic rings. The molecule has 0 aliphatic carbocycles. The number of nitrogens with zero attached hydrogens (tertiary/aromatic N) is 3. The van der Waals surface area contributed by atoms with Crippen LogP contribution in [0.3, 0.4) is 0 Å². The third-order valence-corrected chi connectivity index (χ3v) is 4.30. The lowest BCUT2D eigenvalue weighted by molar-refractivity contribution is -0.137. The molecular formula is C18H25F3N4. The second kappa shape index (κ2) is 8.49. The average molecular weight is 354 g/mol. The molecule has 138 valence electrons. The van der Waals surface area contributed by atoms with Gasteiger partial charge in [0, 0.05) is 37.9 Å². The molecule has 0 saturated carbocycles. The van der Waals surface area contributed by atoms with Crippen molar-refractivity contribution in [3.05, 3.63) is 53.3 Å². The molecule has 0 spiro atoms. The number of benzene rings is 1. The molecule has 0 radical (unpaired) electrons. The van der Waals surface area contributed by atoms with Crippen molar-refractivity contribution in [3.63, 3.8) is 0 Å². The maximum Gasteiger partial charge on any atom is 0.416 e. The van der Waals surface area contributed by atoms with Crippen molar-refractivity contribution in [2.75, 3.05) is 19.6 Å². The average Bonchev–Trinajstić information content (AvgIpc) is 2.99. The molecule has 0 bridgehead atoms. The summed E-state index contributed by atoms with van der Waals surface area (Å²) in [5.41, 5.74) is 1.35. The van der Waals surface area contributed by atoms with E-state index in [2.05, 4.69) is 29.2 Å². The van der Waals surface area contributed by atoms with E-state index >= 15 is 0 Å². The lowest BCUT2D eigenvalue weighted by Gasteiger charge is -2.30. The molecule has 1 unspecified atom stereocenters. The van der Waals surface area contributed by atoms with Gasteiger partial charge in [-0.25, -0.2) is 0 Å². The van der Waals surface area contributed by atoms with Crippen molar-refractivity contribution < 1.29 is 13.2 Å². The van der Waals surface area contributed by atoms with Gasteiger partial charge >= 0.3 is 6.18 Å². The molecule has 0 aliphatic heterocycles. The Morgan fingerprint density at radius 2 is 1.80 bits per heavy atom. The first kappa shape index (κ1) is 19.5. The maximum atomic E-state index is 12.8. The number of alkyl halides is 3. The van der Waals surface area contributed by atoms with E-state index in [0.29, 0.717) is 13.1 Å². The Bertz CT molecular complexity index is 645. The highest BCUT2D eigenvalue weighted by atomic mass is 19.4. The molecule has 1 aromatic heterocycles. The highest BCUT2D eigenvalue weighted by Crippen LogP contribution is 2.30. The first-order chi connectivity index (χ1) is 11.8. The number of hydrogen-bond donors (Lipinski definition) is 1. The van der Waals surface area contributed by atoms with Gasteiger partial charge in [0.15, 0.2) is 0 Å². The van der Waals surface area contributed by atoms with Gasteiger partial charge in [0.05, 0.1) is 11.8 Å². The van der Waals surface area contributed by atoms with Crippen molar-refractivity contribution in [1.82, 2.24) is 20.0 Å². The third-order valence-electron chi connectivity index (χ3n) is 4.30. The van der Waals surface area contributed by atoms with E-state index in [1.807, 2.05) is 13.2 Å². The van der Waals surface area contributed by atoms with Gasteiger partial charge in [-0.2, -0.15) is 18.3 Å². The monoisotopic (exact) mass is 354 g/mol. The van der Waals surface area contributed by atoms with Gasteiger partial charge in [-0.15, -0.1) is 0 Å². The number of aromatic nitrogens is 2.